The highest BCUT2D eigenvalue weighted by atomic mass is 32.2. The van der Waals surface area contributed by atoms with Gasteiger partial charge in [0.25, 0.3) is 5.91 Å². The average Bonchev–Trinajstić information content (AvgIpc) is 2.44. The second-order valence-corrected chi connectivity index (χ2v) is 5.52. The summed E-state index contributed by atoms with van der Waals surface area (Å²) in [5.74, 6) is -0.425. The Bertz CT molecular complexity index is 514. The molecular weight excluding hydrogens is 278 g/mol. The van der Waals surface area contributed by atoms with Crippen molar-refractivity contribution >= 4 is 23.6 Å². The molecule has 1 aromatic rings. The lowest BCUT2D eigenvalue weighted by Crippen LogP contribution is -2.50. The lowest BCUT2D eigenvalue weighted by molar-refractivity contribution is -0.146. The molecule has 0 spiro atoms. The van der Waals surface area contributed by atoms with Gasteiger partial charge in [0.1, 0.15) is 11.3 Å². The Morgan fingerprint density at radius 2 is 1.90 bits per heavy atom. The molecule has 0 aromatic heterocycles. The van der Waals surface area contributed by atoms with E-state index >= 15 is 0 Å². The first kappa shape index (κ1) is 16.4. The van der Waals surface area contributed by atoms with Gasteiger partial charge < -0.3 is 14.8 Å². The minimum atomic E-state index is -1.10. The second-order valence-electron chi connectivity index (χ2n) is 4.64. The molecule has 0 saturated carbocycles. The topological polar surface area (TPSA) is 64.6 Å². The number of rotatable bonds is 5. The Balaban J connectivity index is 3.01. The quantitative estimate of drug-likeness (QED) is 0.666. The summed E-state index contributed by atoms with van der Waals surface area (Å²) in [4.78, 5) is 24.8. The molecule has 1 N–H and O–H groups in total. The summed E-state index contributed by atoms with van der Waals surface area (Å²) in [6.45, 7) is 3.17. The van der Waals surface area contributed by atoms with Crippen LogP contribution in [-0.4, -0.2) is 37.9 Å². The molecule has 0 fully saturated rings. The zero-order chi connectivity index (χ0) is 15.3. The van der Waals surface area contributed by atoms with Crippen molar-refractivity contribution in [1.82, 2.24) is 5.32 Å². The third-order valence-electron chi connectivity index (χ3n) is 2.78. The van der Waals surface area contributed by atoms with Gasteiger partial charge in [0.15, 0.2) is 0 Å². The van der Waals surface area contributed by atoms with Crippen molar-refractivity contribution < 1.29 is 19.1 Å². The van der Waals surface area contributed by atoms with Gasteiger partial charge in [-0.05, 0) is 38.3 Å². The van der Waals surface area contributed by atoms with Crippen molar-refractivity contribution in [3.05, 3.63) is 23.8 Å². The molecule has 5 nitrogen and oxygen atoms in total. The molecule has 20 heavy (non-hydrogen) atoms. The number of carbonyl (C=O) groups is 2. The largest absolute Gasteiger partial charge is 0.496 e. The number of ether oxygens (including phenoxy) is 2. The molecule has 1 aromatic carbocycles. The Morgan fingerprint density at radius 3 is 2.40 bits per heavy atom. The monoisotopic (exact) mass is 297 g/mol. The van der Waals surface area contributed by atoms with Crippen LogP contribution in [-0.2, 0) is 9.53 Å². The molecule has 0 aliphatic rings. The fourth-order valence-corrected chi connectivity index (χ4v) is 2.07. The molecule has 0 bridgehead atoms. The van der Waals surface area contributed by atoms with Crippen LogP contribution in [0.3, 0.4) is 0 Å². The van der Waals surface area contributed by atoms with Gasteiger partial charge in [0.05, 0.1) is 19.8 Å². The van der Waals surface area contributed by atoms with E-state index in [9.17, 15) is 9.59 Å². The zero-order valence-electron chi connectivity index (χ0n) is 12.3. The summed E-state index contributed by atoms with van der Waals surface area (Å²) in [6.07, 6.45) is 1.94. The van der Waals surface area contributed by atoms with E-state index in [0.29, 0.717) is 11.3 Å². The maximum Gasteiger partial charge on any atom is 0.330 e. The molecular formula is C14H19NO4S. The maximum atomic E-state index is 12.3. The van der Waals surface area contributed by atoms with Gasteiger partial charge in [-0.1, -0.05) is 0 Å². The first-order chi connectivity index (χ1) is 9.35. The normalized spacial score (nSPS) is 10.8. The third-order valence-corrected chi connectivity index (χ3v) is 3.50. The van der Waals surface area contributed by atoms with Crippen LogP contribution in [0.1, 0.15) is 24.2 Å². The minimum Gasteiger partial charge on any atom is -0.496 e. The van der Waals surface area contributed by atoms with E-state index in [-0.39, 0.29) is 5.91 Å². The van der Waals surface area contributed by atoms with Gasteiger partial charge >= 0.3 is 5.97 Å². The van der Waals surface area contributed by atoms with Gasteiger partial charge in [0, 0.05) is 4.90 Å². The van der Waals surface area contributed by atoms with Crippen LogP contribution >= 0.6 is 11.8 Å². The summed E-state index contributed by atoms with van der Waals surface area (Å²) in [7, 11) is 2.78. The fraction of sp³-hybridized carbons (Fsp3) is 0.429. The van der Waals surface area contributed by atoms with E-state index in [0.717, 1.165) is 4.90 Å². The van der Waals surface area contributed by atoms with Crippen LogP contribution in [0.2, 0.25) is 0 Å². The number of amides is 1. The van der Waals surface area contributed by atoms with Gasteiger partial charge in [-0.15, -0.1) is 11.8 Å². The van der Waals surface area contributed by atoms with Crippen molar-refractivity contribution in [3.63, 3.8) is 0 Å². The van der Waals surface area contributed by atoms with Crippen LogP contribution in [0, 0.1) is 0 Å². The lowest BCUT2D eigenvalue weighted by atomic mass is 10.0. The summed E-state index contributed by atoms with van der Waals surface area (Å²) in [5, 5.41) is 2.64. The Morgan fingerprint density at radius 1 is 1.25 bits per heavy atom. The number of nitrogens with one attached hydrogen (secondary N) is 1. The van der Waals surface area contributed by atoms with Crippen LogP contribution in [0.15, 0.2) is 23.1 Å². The van der Waals surface area contributed by atoms with Crippen LogP contribution in [0.4, 0.5) is 0 Å². The smallest absolute Gasteiger partial charge is 0.330 e. The Kier molecular flexibility index (Phi) is 5.44. The van der Waals surface area contributed by atoms with Gasteiger partial charge in [0.2, 0.25) is 0 Å². The first-order valence-corrected chi connectivity index (χ1v) is 7.21. The second kappa shape index (κ2) is 6.65. The number of carbonyl (C=O) groups excluding carboxylic acids is 2. The first-order valence-electron chi connectivity index (χ1n) is 5.98. The van der Waals surface area contributed by atoms with Gasteiger partial charge in [-0.2, -0.15) is 0 Å². The molecule has 0 aliphatic carbocycles. The molecule has 1 amide bonds. The van der Waals surface area contributed by atoms with Crippen LogP contribution < -0.4 is 10.1 Å². The van der Waals surface area contributed by atoms with Crippen LogP contribution in [0.5, 0.6) is 5.75 Å². The molecule has 0 aliphatic heterocycles. The predicted octanol–water partition coefficient (Wildman–Crippen LogP) is 2.10. The predicted molar refractivity (Wildman–Crippen MR) is 78.3 cm³/mol. The Hall–Kier alpha value is -1.69. The van der Waals surface area contributed by atoms with E-state index in [2.05, 4.69) is 10.1 Å². The molecule has 6 heteroatoms. The molecule has 0 atom stereocenters. The zero-order valence-corrected chi connectivity index (χ0v) is 13.1. The minimum absolute atomic E-state index is 0.377. The van der Waals surface area contributed by atoms with E-state index in [1.807, 2.05) is 12.3 Å². The standard InChI is InChI=1S/C14H19NO4S/c1-14(2,13(17)19-4)15-12(16)10-7-6-9(20-5)8-11(10)18-3/h6-8H,1-5H3,(H,15,16). The van der Waals surface area contributed by atoms with E-state index < -0.39 is 11.5 Å². The lowest BCUT2D eigenvalue weighted by Gasteiger charge is -2.23. The molecule has 0 unspecified atom stereocenters. The molecule has 0 heterocycles. The van der Waals surface area contributed by atoms with Gasteiger partial charge in [-0.25, -0.2) is 4.79 Å². The number of benzene rings is 1. The highest BCUT2D eigenvalue weighted by Crippen LogP contribution is 2.25. The average molecular weight is 297 g/mol. The van der Waals surface area contributed by atoms with E-state index in [1.165, 1.54) is 14.2 Å². The molecule has 0 saturated heterocycles. The maximum absolute atomic E-state index is 12.3. The van der Waals surface area contributed by atoms with E-state index in [1.54, 1.807) is 37.7 Å². The number of esters is 1. The molecule has 110 valence electrons. The molecule has 1 rings (SSSR count). The number of thioether (sulfide) groups is 1. The Labute approximate surface area is 123 Å². The highest BCUT2D eigenvalue weighted by molar-refractivity contribution is 7.98. The SMILES string of the molecule is COC(=O)C(C)(C)NC(=O)c1ccc(SC)cc1OC. The third kappa shape index (κ3) is 3.66. The number of methoxy groups -OCH3 is 2. The van der Waals surface area contributed by atoms with Crippen molar-refractivity contribution in [2.75, 3.05) is 20.5 Å². The van der Waals surface area contributed by atoms with E-state index in [4.69, 9.17) is 4.74 Å². The summed E-state index contributed by atoms with van der Waals surface area (Å²) in [6, 6.07) is 5.28. The van der Waals surface area contributed by atoms with Crippen molar-refractivity contribution in [3.8, 4) is 5.75 Å². The highest BCUT2D eigenvalue weighted by Gasteiger charge is 2.31. The van der Waals surface area contributed by atoms with Crippen molar-refractivity contribution in [2.24, 2.45) is 0 Å². The molecule has 0 radical (unpaired) electrons. The van der Waals surface area contributed by atoms with Crippen molar-refractivity contribution in [1.29, 1.82) is 0 Å². The number of hydrogen-bond donors (Lipinski definition) is 1. The summed E-state index contributed by atoms with van der Waals surface area (Å²) >= 11 is 1.55. The fourth-order valence-electron chi connectivity index (χ4n) is 1.64. The number of hydrogen-bond acceptors (Lipinski definition) is 5. The summed E-state index contributed by atoms with van der Waals surface area (Å²) in [5.41, 5.74) is -0.725. The van der Waals surface area contributed by atoms with Crippen molar-refractivity contribution in [2.45, 2.75) is 24.3 Å². The summed E-state index contributed by atoms with van der Waals surface area (Å²) < 4.78 is 9.88. The van der Waals surface area contributed by atoms with Gasteiger partial charge in [-0.3, -0.25) is 4.79 Å². The van der Waals surface area contributed by atoms with Crippen LogP contribution in [0.25, 0.3) is 0 Å².